The van der Waals surface area contributed by atoms with E-state index >= 15 is 0 Å². The number of hydrogen-bond donors (Lipinski definition) is 4. The van der Waals surface area contributed by atoms with Gasteiger partial charge in [-0.05, 0) is 70.5 Å². The average molecular weight is 526 g/mol. The Hall–Kier alpha value is -3.32. The van der Waals surface area contributed by atoms with Crippen LogP contribution in [0.2, 0.25) is 0 Å². The molecule has 1 aromatic carbocycles. The molecule has 4 rings (SSSR count). The van der Waals surface area contributed by atoms with Crippen LogP contribution in [0.3, 0.4) is 0 Å². The molecule has 1 aromatic heterocycles. The second-order valence-corrected chi connectivity index (χ2v) is 10.9. The summed E-state index contributed by atoms with van der Waals surface area (Å²) in [7, 11) is 0. The van der Waals surface area contributed by atoms with Gasteiger partial charge in [-0.25, -0.2) is 9.59 Å². The van der Waals surface area contributed by atoms with Crippen LogP contribution < -0.4 is 28.2 Å². The summed E-state index contributed by atoms with van der Waals surface area (Å²) in [5.74, 6) is -0.105. The molecule has 206 valence electrons. The zero-order chi connectivity index (χ0) is 27.6. The minimum atomic E-state index is -1.03. The fraction of sp³-hybridized carbons (Fsp3) is 0.538. The highest BCUT2D eigenvalue weighted by molar-refractivity contribution is 5.89. The molecule has 0 radical (unpaired) electrons. The normalized spacial score (nSPS) is 21.4. The van der Waals surface area contributed by atoms with Gasteiger partial charge in [0.05, 0.1) is 23.9 Å². The fourth-order valence-corrected chi connectivity index (χ4v) is 5.02. The molecular formula is C26H39N9O3. The van der Waals surface area contributed by atoms with Gasteiger partial charge >= 0.3 is 11.7 Å². The van der Waals surface area contributed by atoms with Crippen LogP contribution in [0.4, 0.5) is 10.6 Å². The van der Waals surface area contributed by atoms with Crippen molar-refractivity contribution < 1.29 is 9.59 Å². The van der Waals surface area contributed by atoms with Crippen LogP contribution in [-0.4, -0.2) is 86.2 Å². The summed E-state index contributed by atoms with van der Waals surface area (Å²) >= 11 is 0. The monoisotopic (exact) mass is 525 g/mol. The van der Waals surface area contributed by atoms with E-state index in [4.69, 9.17) is 17.2 Å². The number of nitrogens with zero attached hydrogens (tertiary/aromatic N) is 5. The van der Waals surface area contributed by atoms with E-state index in [0.717, 1.165) is 38.0 Å². The number of nitrogens with two attached hydrogens (primary N) is 3. The first-order valence-electron chi connectivity index (χ1n) is 13.0. The van der Waals surface area contributed by atoms with Crippen molar-refractivity contribution >= 4 is 17.8 Å². The number of amides is 3. The van der Waals surface area contributed by atoms with Crippen molar-refractivity contribution in [2.45, 2.75) is 63.9 Å². The molecule has 2 fully saturated rings. The second-order valence-electron chi connectivity index (χ2n) is 10.9. The minimum absolute atomic E-state index is 0.122. The molecule has 0 unspecified atom stereocenters. The van der Waals surface area contributed by atoms with Crippen LogP contribution in [0.25, 0.3) is 5.69 Å². The number of piperazine rings is 1. The Morgan fingerprint density at radius 2 is 1.74 bits per heavy atom. The van der Waals surface area contributed by atoms with Crippen molar-refractivity contribution in [2.75, 3.05) is 31.5 Å². The van der Waals surface area contributed by atoms with Crippen molar-refractivity contribution in [1.82, 2.24) is 24.3 Å². The molecule has 3 heterocycles. The number of carbonyl (C=O) groups is 2. The van der Waals surface area contributed by atoms with E-state index in [2.05, 4.69) is 15.2 Å². The van der Waals surface area contributed by atoms with Crippen molar-refractivity contribution in [3.8, 4) is 5.69 Å². The zero-order valence-electron chi connectivity index (χ0n) is 22.3. The lowest BCUT2D eigenvalue weighted by Gasteiger charge is -2.45. The Balaban J connectivity index is 1.38. The van der Waals surface area contributed by atoms with Gasteiger partial charge in [-0.1, -0.05) is 12.1 Å². The molecule has 0 aliphatic carbocycles. The molecule has 2 aliphatic rings. The highest BCUT2D eigenvalue weighted by Gasteiger charge is 2.38. The number of urea groups is 1. The van der Waals surface area contributed by atoms with Crippen LogP contribution in [0.1, 0.15) is 39.2 Å². The molecule has 3 amide bonds. The lowest BCUT2D eigenvalue weighted by molar-refractivity contribution is -0.139. The molecule has 38 heavy (non-hydrogen) atoms. The number of piperidine rings is 1. The van der Waals surface area contributed by atoms with E-state index in [1.807, 2.05) is 24.3 Å². The maximum Gasteiger partial charge on any atom is 0.354 e. The zero-order valence-corrected chi connectivity index (χ0v) is 22.3. The largest absolute Gasteiger partial charge is 0.354 e. The first-order chi connectivity index (χ1) is 17.9. The topological polar surface area (TPSA) is 169 Å². The van der Waals surface area contributed by atoms with E-state index < -0.39 is 23.4 Å². The predicted molar refractivity (Wildman–Crippen MR) is 145 cm³/mol. The van der Waals surface area contributed by atoms with E-state index in [1.165, 1.54) is 9.47 Å². The quantitative estimate of drug-likeness (QED) is 0.430. The molecule has 2 saturated heterocycles. The van der Waals surface area contributed by atoms with Crippen LogP contribution >= 0.6 is 0 Å². The maximum absolute atomic E-state index is 13.0. The number of carbonyl (C=O) groups excluding carboxylic acids is 2. The van der Waals surface area contributed by atoms with Gasteiger partial charge < -0.3 is 27.0 Å². The average Bonchev–Trinajstić information content (AvgIpc) is 2.84. The van der Waals surface area contributed by atoms with Crippen LogP contribution in [0.5, 0.6) is 0 Å². The van der Waals surface area contributed by atoms with Crippen LogP contribution in [-0.2, 0) is 11.3 Å². The Morgan fingerprint density at radius 1 is 1.08 bits per heavy atom. The number of benzene rings is 1. The molecule has 2 aromatic rings. The van der Waals surface area contributed by atoms with Crippen LogP contribution in [0.15, 0.2) is 41.3 Å². The molecule has 12 nitrogen and oxygen atoms in total. The summed E-state index contributed by atoms with van der Waals surface area (Å²) in [6.07, 6.45) is 2.87. The van der Waals surface area contributed by atoms with Gasteiger partial charge in [0.2, 0.25) is 5.91 Å². The lowest BCUT2D eigenvalue weighted by atomic mass is 10.0. The summed E-state index contributed by atoms with van der Waals surface area (Å²) in [5.41, 5.74) is 18.5. The van der Waals surface area contributed by atoms with Crippen molar-refractivity contribution in [3.05, 3.63) is 52.6 Å². The van der Waals surface area contributed by atoms with Gasteiger partial charge in [-0.2, -0.15) is 4.98 Å². The lowest BCUT2D eigenvalue weighted by Crippen LogP contribution is -2.67. The number of aromatic nitrogens is 2. The van der Waals surface area contributed by atoms with Crippen LogP contribution in [0, 0.1) is 0 Å². The molecule has 7 N–H and O–H groups in total. The Labute approximate surface area is 222 Å². The summed E-state index contributed by atoms with van der Waals surface area (Å²) in [6, 6.07) is 8.80. The Kier molecular flexibility index (Phi) is 8.16. The summed E-state index contributed by atoms with van der Waals surface area (Å²) < 4.78 is 1.42. The molecular weight excluding hydrogens is 486 g/mol. The Morgan fingerprint density at radius 3 is 2.32 bits per heavy atom. The third-order valence-corrected chi connectivity index (χ3v) is 7.09. The molecule has 0 saturated carbocycles. The molecule has 0 spiro atoms. The number of rotatable bonds is 5. The minimum Gasteiger partial charge on any atom is -0.336 e. The number of anilines is 1. The van der Waals surface area contributed by atoms with Crippen molar-refractivity contribution in [1.29, 1.82) is 0 Å². The number of nitrogens with one attached hydrogen (secondary N) is 1. The highest BCUT2D eigenvalue weighted by atomic mass is 16.2. The van der Waals surface area contributed by atoms with E-state index in [-0.39, 0.29) is 24.3 Å². The number of hydrogen-bond acceptors (Lipinski definition) is 8. The summed E-state index contributed by atoms with van der Waals surface area (Å²) in [4.78, 5) is 47.8. The van der Waals surface area contributed by atoms with Crippen molar-refractivity contribution in [2.24, 2.45) is 17.2 Å². The fourth-order valence-electron chi connectivity index (χ4n) is 5.02. The smallest absolute Gasteiger partial charge is 0.336 e. The van der Waals surface area contributed by atoms with Gasteiger partial charge in [0, 0.05) is 31.4 Å². The third kappa shape index (κ3) is 6.38. The molecule has 2 aliphatic heterocycles. The highest BCUT2D eigenvalue weighted by Crippen LogP contribution is 2.18. The second kappa shape index (κ2) is 11.2. The predicted octanol–water partition coefficient (Wildman–Crippen LogP) is 0.242. The molecule has 12 heteroatoms. The van der Waals surface area contributed by atoms with Gasteiger partial charge in [-0.15, -0.1) is 0 Å². The molecule has 2 atom stereocenters. The summed E-state index contributed by atoms with van der Waals surface area (Å²) in [6.45, 7) is 8.36. The Bertz CT molecular complexity index is 1190. The van der Waals surface area contributed by atoms with Gasteiger partial charge in [0.1, 0.15) is 5.82 Å². The van der Waals surface area contributed by atoms with Gasteiger partial charge in [0.15, 0.2) is 0 Å². The third-order valence-electron chi connectivity index (χ3n) is 7.09. The summed E-state index contributed by atoms with van der Waals surface area (Å²) in [5, 5.41) is 2.66. The molecule has 0 bridgehead atoms. The standard InChI is InChI=1S/C26H39N9O3/c1-17-14-33(23(36)26(2,3)29)16-21(28)35(17)25(38)31-22-10-13-34(24(37)30-22)20-6-4-18(5-7-20)15-32-11-8-19(27)9-12-32/h4-7,10,13,17,19,21H,8-9,11-12,14-16,27-29H2,1-3H3,(H,30,31,37,38)/t17-,21-/m0/s1. The SMILES string of the molecule is C[C@H]1CN(C(=O)C(C)(C)N)C[C@@H](N)N1C(=O)Nc1ccn(-c2ccc(CN3CCC(N)CC3)cc2)c(=O)n1. The van der Waals surface area contributed by atoms with Gasteiger partial charge in [-0.3, -0.25) is 19.6 Å². The van der Waals surface area contributed by atoms with E-state index in [1.54, 1.807) is 37.9 Å². The maximum atomic E-state index is 13.0. The van der Waals surface area contributed by atoms with E-state index in [9.17, 15) is 14.4 Å². The van der Waals surface area contributed by atoms with Gasteiger partial charge in [0.25, 0.3) is 0 Å². The van der Waals surface area contributed by atoms with E-state index in [0.29, 0.717) is 18.3 Å². The first kappa shape index (κ1) is 27.7. The van der Waals surface area contributed by atoms with Crippen molar-refractivity contribution in [3.63, 3.8) is 0 Å². The first-order valence-corrected chi connectivity index (χ1v) is 13.0. The number of likely N-dealkylation sites (tertiary alicyclic amines) is 1.